The molecule has 2 aromatic rings. The van der Waals surface area contributed by atoms with Crippen LogP contribution in [0, 0.1) is 0 Å². The van der Waals surface area contributed by atoms with Crippen molar-refractivity contribution in [3.63, 3.8) is 0 Å². The summed E-state index contributed by atoms with van der Waals surface area (Å²) in [7, 11) is 0. The summed E-state index contributed by atoms with van der Waals surface area (Å²) in [5, 5.41) is 2.94. The third kappa shape index (κ3) is 3.05. The Morgan fingerprint density at radius 2 is 1.90 bits per heavy atom. The zero-order valence-corrected chi connectivity index (χ0v) is 12.0. The van der Waals surface area contributed by atoms with Crippen LogP contribution in [0.25, 0.3) is 0 Å². The Balaban J connectivity index is 2.21. The molecule has 0 atom stereocenters. The topological polar surface area (TPSA) is 80.9 Å². The highest BCUT2D eigenvalue weighted by Gasteiger charge is 2.30. The molecule has 0 aliphatic rings. The molecule has 104 valence electrons. The van der Waals surface area contributed by atoms with Crippen LogP contribution in [0.2, 0.25) is 5.15 Å². The van der Waals surface area contributed by atoms with Gasteiger partial charge in [0.05, 0.1) is 5.41 Å². The molecule has 0 fully saturated rings. The zero-order valence-electron chi connectivity index (χ0n) is 11.2. The molecule has 0 saturated carbocycles. The second kappa shape index (κ2) is 5.46. The fourth-order valence-electron chi connectivity index (χ4n) is 1.69. The number of nitrogen functional groups attached to an aromatic ring is 1. The van der Waals surface area contributed by atoms with E-state index in [9.17, 15) is 4.79 Å². The number of amides is 1. The average molecular weight is 291 g/mol. The Labute approximate surface area is 122 Å². The van der Waals surface area contributed by atoms with Crippen LogP contribution < -0.4 is 11.1 Å². The number of benzene rings is 1. The lowest BCUT2D eigenvalue weighted by Crippen LogP contribution is -2.35. The van der Waals surface area contributed by atoms with E-state index >= 15 is 0 Å². The maximum atomic E-state index is 12.4. The Morgan fingerprint density at radius 1 is 1.25 bits per heavy atom. The fourth-order valence-corrected chi connectivity index (χ4v) is 1.82. The SMILES string of the molecule is CC(C)(C(=O)Nc1nccc(Cl)n1)c1ccc(N)cc1. The van der Waals surface area contributed by atoms with Crippen molar-refractivity contribution >= 4 is 29.1 Å². The quantitative estimate of drug-likeness (QED) is 0.672. The molecule has 2 rings (SSSR count). The number of rotatable bonds is 3. The van der Waals surface area contributed by atoms with Crippen LogP contribution in [0.5, 0.6) is 0 Å². The molecule has 1 aromatic carbocycles. The molecule has 0 unspecified atom stereocenters. The second-order valence-electron chi connectivity index (χ2n) is 4.90. The Hall–Kier alpha value is -2.14. The van der Waals surface area contributed by atoms with Gasteiger partial charge in [-0.05, 0) is 37.6 Å². The highest BCUT2D eigenvalue weighted by molar-refractivity contribution is 6.29. The van der Waals surface area contributed by atoms with Crippen LogP contribution in [0.4, 0.5) is 11.6 Å². The van der Waals surface area contributed by atoms with Crippen molar-refractivity contribution in [2.75, 3.05) is 11.1 Å². The number of carbonyl (C=O) groups excluding carboxylic acids is 1. The van der Waals surface area contributed by atoms with Crippen LogP contribution in [0.3, 0.4) is 0 Å². The highest BCUT2D eigenvalue weighted by atomic mass is 35.5. The van der Waals surface area contributed by atoms with Crippen molar-refractivity contribution in [3.05, 3.63) is 47.2 Å². The van der Waals surface area contributed by atoms with Gasteiger partial charge in [0.15, 0.2) is 0 Å². The molecule has 1 aromatic heterocycles. The van der Waals surface area contributed by atoms with Gasteiger partial charge in [0, 0.05) is 11.9 Å². The number of hydrogen-bond acceptors (Lipinski definition) is 4. The van der Waals surface area contributed by atoms with Crippen molar-refractivity contribution in [3.8, 4) is 0 Å². The van der Waals surface area contributed by atoms with Gasteiger partial charge in [-0.1, -0.05) is 23.7 Å². The standard InChI is InChI=1S/C14H15ClN4O/c1-14(2,9-3-5-10(16)6-4-9)12(20)19-13-17-8-7-11(15)18-13/h3-8H,16H2,1-2H3,(H,17,18,19,20). The van der Waals surface area contributed by atoms with Crippen molar-refractivity contribution in [1.29, 1.82) is 0 Å². The molecule has 3 N–H and O–H groups in total. The van der Waals surface area contributed by atoms with Gasteiger partial charge < -0.3 is 5.73 Å². The van der Waals surface area contributed by atoms with E-state index in [4.69, 9.17) is 17.3 Å². The summed E-state index contributed by atoms with van der Waals surface area (Å²) in [6, 6.07) is 8.73. The van der Waals surface area contributed by atoms with Gasteiger partial charge in [-0.2, -0.15) is 0 Å². The lowest BCUT2D eigenvalue weighted by molar-refractivity contribution is -0.120. The van der Waals surface area contributed by atoms with Gasteiger partial charge in [0.25, 0.3) is 0 Å². The van der Waals surface area contributed by atoms with Gasteiger partial charge in [-0.3, -0.25) is 10.1 Å². The van der Waals surface area contributed by atoms with Crippen LogP contribution >= 0.6 is 11.6 Å². The molecule has 5 nitrogen and oxygen atoms in total. The summed E-state index contributed by atoms with van der Waals surface area (Å²) < 4.78 is 0. The van der Waals surface area contributed by atoms with Crippen molar-refractivity contribution in [2.24, 2.45) is 0 Å². The third-order valence-electron chi connectivity index (χ3n) is 3.05. The zero-order chi connectivity index (χ0) is 14.8. The number of nitrogens with zero attached hydrogens (tertiary/aromatic N) is 2. The van der Waals surface area contributed by atoms with Crippen molar-refractivity contribution in [2.45, 2.75) is 19.3 Å². The van der Waals surface area contributed by atoms with Crippen LogP contribution in [-0.4, -0.2) is 15.9 Å². The summed E-state index contributed by atoms with van der Waals surface area (Å²) in [5.41, 5.74) is 6.42. The molecule has 6 heteroatoms. The maximum Gasteiger partial charge on any atom is 0.236 e. The van der Waals surface area contributed by atoms with E-state index in [1.807, 2.05) is 26.0 Å². The Bertz CT molecular complexity index is 625. The van der Waals surface area contributed by atoms with Crippen molar-refractivity contribution < 1.29 is 4.79 Å². The van der Waals surface area contributed by atoms with E-state index in [0.717, 1.165) is 5.56 Å². The first kappa shape index (κ1) is 14.3. The number of carbonyl (C=O) groups is 1. The summed E-state index contributed by atoms with van der Waals surface area (Å²) in [6.07, 6.45) is 1.49. The largest absolute Gasteiger partial charge is 0.399 e. The smallest absolute Gasteiger partial charge is 0.236 e. The first-order chi connectivity index (χ1) is 9.39. The normalized spacial score (nSPS) is 11.2. The van der Waals surface area contributed by atoms with E-state index in [0.29, 0.717) is 5.69 Å². The lowest BCUT2D eigenvalue weighted by Gasteiger charge is -2.23. The van der Waals surface area contributed by atoms with Crippen molar-refractivity contribution in [1.82, 2.24) is 9.97 Å². The number of halogens is 1. The highest BCUT2D eigenvalue weighted by Crippen LogP contribution is 2.25. The molecule has 1 amide bonds. The van der Waals surface area contributed by atoms with Gasteiger partial charge >= 0.3 is 0 Å². The molecule has 0 aliphatic carbocycles. The van der Waals surface area contributed by atoms with Crippen LogP contribution in [-0.2, 0) is 10.2 Å². The minimum absolute atomic E-state index is 0.186. The predicted octanol–water partition coefficient (Wildman–Crippen LogP) is 2.63. The van der Waals surface area contributed by atoms with E-state index in [2.05, 4.69) is 15.3 Å². The average Bonchev–Trinajstić information content (AvgIpc) is 2.39. The number of aromatic nitrogens is 2. The minimum atomic E-state index is -0.737. The van der Waals surface area contributed by atoms with Gasteiger partial charge in [0.1, 0.15) is 5.15 Å². The fraction of sp³-hybridized carbons (Fsp3) is 0.214. The Morgan fingerprint density at radius 3 is 2.50 bits per heavy atom. The minimum Gasteiger partial charge on any atom is -0.399 e. The summed E-state index contributed by atoms with van der Waals surface area (Å²) >= 11 is 5.76. The lowest BCUT2D eigenvalue weighted by atomic mass is 9.83. The molecular weight excluding hydrogens is 276 g/mol. The molecule has 0 saturated heterocycles. The molecule has 0 spiro atoms. The monoisotopic (exact) mass is 290 g/mol. The number of nitrogens with one attached hydrogen (secondary N) is 1. The van der Waals surface area contributed by atoms with Gasteiger partial charge in [0.2, 0.25) is 11.9 Å². The van der Waals surface area contributed by atoms with E-state index in [1.54, 1.807) is 18.2 Å². The first-order valence-electron chi connectivity index (χ1n) is 6.05. The number of nitrogens with two attached hydrogens (primary N) is 1. The van der Waals surface area contributed by atoms with Gasteiger partial charge in [-0.15, -0.1) is 0 Å². The molecular formula is C14H15ClN4O. The van der Waals surface area contributed by atoms with E-state index in [1.165, 1.54) is 6.20 Å². The van der Waals surface area contributed by atoms with Crippen LogP contribution in [0.1, 0.15) is 19.4 Å². The maximum absolute atomic E-state index is 12.4. The number of hydrogen-bond donors (Lipinski definition) is 2. The summed E-state index contributed by atoms with van der Waals surface area (Å²) in [6.45, 7) is 3.64. The predicted molar refractivity (Wildman–Crippen MR) is 79.6 cm³/mol. The molecule has 20 heavy (non-hydrogen) atoms. The summed E-state index contributed by atoms with van der Waals surface area (Å²) in [4.78, 5) is 20.3. The number of anilines is 2. The van der Waals surface area contributed by atoms with Crippen LogP contribution in [0.15, 0.2) is 36.5 Å². The second-order valence-corrected chi connectivity index (χ2v) is 5.29. The molecule has 0 bridgehead atoms. The third-order valence-corrected chi connectivity index (χ3v) is 3.26. The molecule has 1 heterocycles. The van der Waals surface area contributed by atoms with E-state index < -0.39 is 5.41 Å². The molecule has 0 radical (unpaired) electrons. The first-order valence-corrected chi connectivity index (χ1v) is 6.43. The van der Waals surface area contributed by atoms with Gasteiger partial charge in [-0.25, -0.2) is 9.97 Å². The van der Waals surface area contributed by atoms with E-state index in [-0.39, 0.29) is 17.0 Å². The Kier molecular flexibility index (Phi) is 3.90. The molecule has 0 aliphatic heterocycles. The summed E-state index contributed by atoms with van der Waals surface area (Å²) in [5.74, 6) is -0.0319.